The molecule has 0 bridgehead atoms. The van der Waals surface area contributed by atoms with Crippen LogP contribution in [0.2, 0.25) is 0 Å². The fourth-order valence-corrected chi connectivity index (χ4v) is 4.40. The van der Waals surface area contributed by atoms with Crippen LogP contribution in [-0.4, -0.2) is 28.3 Å². The van der Waals surface area contributed by atoms with Crippen LogP contribution in [0.25, 0.3) is 0 Å². The largest absolute Gasteiger partial charge is 0.497 e. The lowest BCUT2D eigenvalue weighted by Crippen LogP contribution is -2.32. The number of nitrogens with zero attached hydrogens (tertiary/aromatic N) is 2. The molecular weight excluding hydrogens is 450 g/mol. The minimum absolute atomic E-state index is 0.0502. The number of imidazole rings is 1. The number of halogens is 1. The summed E-state index contributed by atoms with van der Waals surface area (Å²) in [5.41, 5.74) is 3.22. The molecule has 1 atom stereocenters. The molecule has 1 amide bonds. The first kappa shape index (κ1) is 21.5. The first-order valence-electron chi connectivity index (χ1n) is 9.19. The Hall–Kier alpha value is -2.25. The molecule has 3 rings (SSSR count). The third-order valence-electron chi connectivity index (χ3n) is 4.66. The smallest absolute Gasteiger partial charge is 0.231 e. The van der Waals surface area contributed by atoms with Crippen LogP contribution in [0.3, 0.4) is 0 Å². The van der Waals surface area contributed by atoms with Gasteiger partial charge in [-0.25, -0.2) is 4.98 Å². The molecule has 1 heterocycles. The van der Waals surface area contributed by atoms with Crippen molar-refractivity contribution in [3.63, 3.8) is 0 Å². The van der Waals surface area contributed by atoms with Crippen LogP contribution in [0.5, 0.6) is 5.75 Å². The number of hydrogen-bond acceptors (Lipinski definition) is 4. The number of nitrogens with one attached hydrogen (secondary N) is 1. The molecule has 152 valence electrons. The Balaban J connectivity index is 1.78. The SMILES string of the molecule is COc1cccc([C@H](NC(=O)CSc2cc(C)c(Br)cc2C)c2nccn2C)c1. The Labute approximate surface area is 184 Å². The molecule has 0 aliphatic carbocycles. The third kappa shape index (κ3) is 5.22. The Bertz CT molecular complexity index is 1020. The Morgan fingerprint density at radius 2 is 2.07 bits per heavy atom. The number of thioether (sulfide) groups is 1. The number of benzene rings is 2. The maximum absolute atomic E-state index is 12.8. The summed E-state index contributed by atoms with van der Waals surface area (Å²) in [5.74, 6) is 1.79. The number of methoxy groups -OCH3 is 1. The average molecular weight is 474 g/mol. The zero-order valence-corrected chi connectivity index (χ0v) is 19.3. The number of amides is 1. The summed E-state index contributed by atoms with van der Waals surface area (Å²) < 4.78 is 8.35. The molecule has 2 aromatic carbocycles. The van der Waals surface area contributed by atoms with Crippen LogP contribution < -0.4 is 10.1 Å². The zero-order valence-electron chi connectivity index (χ0n) is 16.9. The van der Waals surface area contributed by atoms with Crippen molar-refractivity contribution in [2.45, 2.75) is 24.8 Å². The second-order valence-corrected chi connectivity index (χ2v) is 8.70. The molecule has 0 radical (unpaired) electrons. The van der Waals surface area contributed by atoms with E-state index in [2.05, 4.69) is 45.3 Å². The topological polar surface area (TPSA) is 56.1 Å². The van der Waals surface area contributed by atoms with Crippen LogP contribution in [-0.2, 0) is 11.8 Å². The van der Waals surface area contributed by atoms with Crippen LogP contribution in [0.15, 0.2) is 58.2 Å². The second kappa shape index (κ2) is 9.50. The van der Waals surface area contributed by atoms with Crippen LogP contribution in [0.1, 0.15) is 28.6 Å². The Morgan fingerprint density at radius 1 is 1.28 bits per heavy atom. The molecule has 1 N–H and O–H groups in total. The maximum Gasteiger partial charge on any atom is 0.231 e. The normalized spacial score (nSPS) is 11.9. The van der Waals surface area contributed by atoms with Crippen molar-refractivity contribution in [2.75, 3.05) is 12.9 Å². The number of rotatable bonds is 7. The summed E-state index contributed by atoms with van der Waals surface area (Å²) in [5, 5.41) is 3.14. The maximum atomic E-state index is 12.8. The minimum atomic E-state index is -0.356. The molecule has 0 aliphatic rings. The molecule has 3 aromatic rings. The van der Waals surface area contributed by atoms with Gasteiger partial charge in [0, 0.05) is 28.8 Å². The van der Waals surface area contributed by atoms with Gasteiger partial charge >= 0.3 is 0 Å². The predicted octanol–water partition coefficient (Wildman–Crippen LogP) is 4.81. The Kier molecular flexibility index (Phi) is 7.03. The number of carbonyl (C=O) groups is 1. The van der Waals surface area contributed by atoms with E-state index in [1.54, 1.807) is 13.3 Å². The zero-order chi connectivity index (χ0) is 21.0. The monoisotopic (exact) mass is 473 g/mol. The fourth-order valence-electron chi connectivity index (χ4n) is 3.03. The molecule has 0 spiro atoms. The molecule has 0 fully saturated rings. The van der Waals surface area contributed by atoms with E-state index in [4.69, 9.17) is 4.74 Å². The second-order valence-electron chi connectivity index (χ2n) is 6.83. The van der Waals surface area contributed by atoms with E-state index in [9.17, 15) is 4.79 Å². The summed E-state index contributed by atoms with van der Waals surface area (Å²) in [6.07, 6.45) is 3.61. The Morgan fingerprint density at radius 3 is 2.76 bits per heavy atom. The fraction of sp³-hybridized carbons (Fsp3) is 0.273. The highest BCUT2D eigenvalue weighted by Gasteiger charge is 2.21. The quantitative estimate of drug-likeness (QED) is 0.500. The van der Waals surface area contributed by atoms with Gasteiger partial charge in [0.2, 0.25) is 5.91 Å². The lowest BCUT2D eigenvalue weighted by Gasteiger charge is -2.20. The highest BCUT2D eigenvalue weighted by Crippen LogP contribution is 2.29. The first-order valence-corrected chi connectivity index (χ1v) is 11.0. The van der Waals surface area contributed by atoms with E-state index in [-0.39, 0.29) is 11.9 Å². The summed E-state index contributed by atoms with van der Waals surface area (Å²) in [7, 11) is 3.55. The number of aryl methyl sites for hydroxylation is 3. The van der Waals surface area contributed by atoms with Gasteiger partial charge in [-0.1, -0.05) is 28.1 Å². The number of hydrogen-bond donors (Lipinski definition) is 1. The number of aromatic nitrogens is 2. The van der Waals surface area contributed by atoms with Crippen molar-refractivity contribution < 1.29 is 9.53 Å². The van der Waals surface area contributed by atoms with E-state index < -0.39 is 0 Å². The van der Waals surface area contributed by atoms with E-state index in [0.29, 0.717) is 5.75 Å². The molecule has 0 unspecified atom stereocenters. The van der Waals surface area contributed by atoms with Crippen molar-refractivity contribution in [3.8, 4) is 5.75 Å². The molecule has 0 saturated carbocycles. The molecule has 0 saturated heterocycles. The van der Waals surface area contributed by atoms with Gasteiger partial charge in [0.25, 0.3) is 0 Å². The molecule has 29 heavy (non-hydrogen) atoms. The number of ether oxygens (including phenoxy) is 1. The molecule has 7 heteroatoms. The van der Waals surface area contributed by atoms with Crippen molar-refractivity contribution in [2.24, 2.45) is 7.05 Å². The predicted molar refractivity (Wildman–Crippen MR) is 121 cm³/mol. The van der Waals surface area contributed by atoms with Gasteiger partial charge in [-0.2, -0.15) is 0 Å². The highest BCUT2D eigenvalue weighted by atomic mass is 79.9. The van der Waals surface area contributed by atoms with Gasteiger partial charge in [0.05, 0.1) is 12.9 Å². The molecule has 0 aliphatic heterocycles. The van der Waals surface area contributed by atoms with Crippen molar-refractivity contribution in [3.05, 3.63) is 75.8 Å². The summed E-state index contributed by atoms with van der Waals surface area (Å²) in [6.45, 7) is 4.10. The van der Waals surface area contributed by atoms with E-state index >= 15 is 0 Å². The van der Waals surface area contributed by atoms with Crippen LogP contribution in [0.4, 0.5) is 0 Å². The average Bonchev–Trinajstić information content (AvgIpc) is 3.13. The van der Waals surface area contributed by atoms with Gasteiger partial charge in [0.15, 0.2) is 0 Å². The first-order chi connectivity index (χ1) is 13.9. The molecular formula is C22H24BrN3O2S. The minimum Gasteiger partial charge on any atom is -0.497 e. The van der Waals surface area contributed by atoms with Crippen molar-refractivity contribution in [1.82, 2.24) is 14.9 Å². The highest BCUT2D eigenvalue weighted by molar-refractivity contribution is 9.10. The van der Waals surface area contributed by atoms with Gasteiger partial charge in [-0.15, -0.1) is 11.8 Å². The lowest BCUT2D eigenvalue weighted by molar-refractivity contribution is -0.119. The van der Waals surface area contributed by atoms with Gasteiger partial charge in [0.1, 0.15) is 17.6 Å². The molecule has 5 nitrogen and oxygen atoms in total. The summed E-state index contributed by atoms with van der Waals surface area (Å²) in [4.78, 5) is 18.4. The summed E-state index contributed by atoms with van der Waals surface area (Å²) in [6, 6.07) is 11.5. The third-order valence-corrected chi connectivity index (χ3v) is 6.68. The van der Waals surface area contributed by atoms with Crippen molar-refractivity contribution >= 4 is 33.6 Å². The number of carbonyl (C=O) groups excluding carboxylic acids is 1. The van der Waals surface area contributed by atoms with Crippen molar-refractivity contribution in [1.29, 1.82) is 0 Å². The molecule has 1 aromatic heterocycles. The van der Waals surface area contributed by atoms with Gasteiger partial charge in [-0.3, -0.25) is 4.79 Å². The van der Waals surface area contributed by atoms with E-state index in [0.717, 1.165) is 37.6 Å². The van der Waals surface area contributed by atoms with Gasteiger partial charge < -0.3 is 14.6 Å². The standard InChI is InChI=1S/C22H24BrN3O2S/c1-14-11-19(15(2)10-18(14)23)29-13-20(27)25-21(22-24-8-9-26(22)3)16-6-5-7-17(12-16)28-4/h5-12,21H,13H2,1-4H3,(H,25,27)/t21-/m0/s1. The van der Waals surface area contributed by atoms with Crippen LogP contribution >= 0.6 is 27.7 Å². The lowest BCUT2D eigenvalue weighted by atomic mass is 10.1. The van der Waals surface area contributed by atoms with E-state index in [1.807, 2.05) is 49.0 Å². The van der Waals surface area contributed by atoms with Gasteiger partial charge in [-0.05, 0) is 54.8 Å². The summed E-state index contributed by atoms with van der Waals surface area (Å²) >= 11 is 5.09. The van der Waals surface area contributed by atoms with Crippen LogP contribution in [0, 0.1) is 13.8 Å². The van der Waals surface area contributed by atoms with E-state index in [1.165, 1.54) is 11.8 Å².